The summed E-state index contributed by atoms with van der Waals surface area (Å²) >= 11 is 10.4. The summed E-state index contributed by atoms with van der Waals surface area (Å²) < 4.78 is 35.5. The van der Waals surface area contributed by atoms with E-state index in [9.17, 15) is 0 Å². The molecule has 8 aromatic rings. The van der Waals surface area contributed by atoms with Crippen molar-refractivity contribution in [3.05, 3.63) is 70.1 Å². The Bertz CT molecular complexity index is 3400. The summed E-state index contributed by atoms with van der Waals surface area (Å²) in [5.41, 5.74) is 10.8. The zero-order chi connectivity index (χ0) is 63.8. The first kappa shape index (κ1) is 71.3. The number of fused-ring (bicyclic) bond motifs is 8. The highest BCUT2D eigenvalue weighted by atomic mass is 32.1. The Morgan fingerprint density at radius 2 is 0.587 bits per heavy atom. The van der Waals surface area contributed by atoms with Crippen LogP contribution in [0.25, 0.3) is 72.9 Å². The van der Waals surface area contributed by atoms with Crippen molar-refractivity contribution in [2.24, 2.45) is 0 Å². The molecule has 92 heavy (non-hydrogen) atoms. The van der Waals surface area contributed by atoms with E-state index in [-0.39, 0.29) is 5.60 Å². The van der Waals surface area contributed by atoms with Crippen molar-refractivity contribution >= 4 is 90.9 Å². The maximum absolute atomic E-state index is 7.78. The number of unbranched alkanes of at least 4 members (excludes halogenated alkanes) is 36. The van der Waals surface area contributed by atoms with Crippen molar-refractivity contribution < 1.29 is 9.47 Å². The lowest BCUT2D eigenvalue weighted by Gasteiger charge is -2.38. The molecule has 8 heterocycles. The lowest BCUT2D eigenvalue weighted by molar-refractivity contribution is 0.0395. The topological polar surface area (TPSA) is 70.0 Å². The summed E-state index contributed by atoms with van der Waals surface area (Å²) in [6, 6.07) is 19.1. The molecule has 0 fully saturated rings. The maximum atomic E-state index is 7.78. The van der Waals surface area contributed by atoms with Crippen LogP contribution in [0.4, 0.5) is 0 Å². The lowest BCUT2D eigenvalue weighted by atomic mass is 9.81. The summed E-state index contributed by atoms with van der Waals surface area (Å²) in [4.78, 5) is 10.5. The second-order valence-electron chi connectivity index (χ2n) is 28.0. The van der Waals surface area contributed by atoms with Gasteiger partial charge in [-0.1, -0.05) is 283 Å². The standard InChI is InChI=1S/C80H114N4O2S6/c1-7-11-15-19-23-27-31-35-39-43-51-79(52-44-40-36-32-28-24-20-16-12-8-2)64-56-68(88-75(64)77-66(85-79)55-60(6)87-77)62-49-50-63(74-73(62)83-92-84-74)69-57-65-76(89-69)78-67(58-70(90-78)61-48-47-59(5)71-72(61)82-91-81-71)86-80(65,53-45-41-37-33-29-25-21-17-13-9-3)54-46-42-38-34-30-26-22-18-14-10-4/h47-50,55-58H,7-46,51-54H2,1-6H3. The molecule has 0 unspecified atom stereocenters. The number of aromatic nitrogens is 4. The fourth-order valence-corrected chi connectivity index (χ4v) is 21.2. The van der Waals surface area contributed by atoms with Crippen LogP contribution in [-0.4, -0.2) is 17.5 Å². The van der Waals surface area contributed by atoms with E-state index in [2.05, 4.69) is 90.1 Å². The average molecular weight is 1360 g/mol. The number of benzene rings is 2. The highest BCUT2D eigenvalue weighted by Crippen LogP contribution is 2.61. The predicted octanol–water partition coefficient (Wildman–Crippen LogP) is 29.3. The molecule has 0 saturated carbocycles. The molecule has 0 atom stereocenters. The van der Waals surface area contributed by atoms with Gasteiger partial charge in [-0.15, -0.1) is 45.3 Å². The van der Waals surface area contributed by atoms with Gasteiger partial charge in [0.05, 0.1) is 43.0 Å². The molecule has 12 heteroatoms. The molecule has 6 aromatic heterocycles. The summed E-state index contributed by atoms with van der Waals surface area (Å²) in [5, 5.41) is 0. The Hall–Kier alpha value is -3.52. The van der Waals surface area contributed by atoms with Crippen molar-refractivity contribution in [2.45, 2.75) is 335 Å². The van der Waals surface area contributed by atoms with Crippen LogP contribution in [0.5, 0.6) is 11.5 Å². The summed E-state index contributed by atoms with van der Waals surface area (Å²) in [6.45, 7) is 13.7. The number of nitrogens with zero attached hydrogens (tertiary/aromatic N) is 4. The van der Waals surface area contributed by atoms with Crippen LogP contribution in [-0.2, 0) is 11.2 Å². The van der Waals surface area contributed by atoms with Gasteiger partial charge in [0.25, 0.3) is 0 Å². The summed E-state index contributed by atoms with van der Waals surface area (Å²) in [6.07, 6.45) is 57.6. The molecule has 2 aromatic carbocycles. The molecule has 0 amide bonds. The SMILES string of the molecule is CCCCCCCCCCCCC1(CCCCCCCCCCCC)Oc2cc(C)sc2-c2sc(-c3ccc(-c4cc5c(s4)-c4sc(-c6ccc(C)c7nsnc67)cc4OC5(CCCCCCCCCCCC)CCCCCCCCCCCC)c4nsnc34)cc21. The fourth-order valence-electron chi connectivity index (χ4n) is 15.1. The summed E-state index contributed by atoms with van der Waals surface area (Å²) in [7, 11) is 0. The van der Waals surface area contributed by atoms with E-state index < -0.39 is 5.60 Å². The molecule has 0 N–H and O–H groups in total. The van der Waals surface area contributed by atoms with Crippen LogP contribution < -0.4 is 9.47 Å². The van der Waals surface area contributed by atoms with Gasteiger partial charge in [-0.05, 0) is 95.0 Å². The van der Waals surface area contributed by atoms with Crippen LogP contribution in [0.2, 0.25) is 0 Å². The Labute approximate surface area is 581 Å². The van der Waals surface area contributed by atoms with Gasteiger partial charge in [-0.3, -0.25) is 0 Å². The van der Waals surface area contributed by atoms with Crippen molar-refractivity contribution in [3.63, 3.8) is 0 Å². The number of rotatable bonds is 47. The second-order valence-corrected chi connectivity index (χ2v) is 33.5. The molecule has 0 aliphatic carbocycles. The van der Waals surface area contributed by atoms with Crippen LogP contribution >= 0.6 is 68.8 Å². The monoisotopic (exact) mass is 1350 g/mol. The van der Waals surface area contributed by atoms with Gasteiger partial charge in [0, 0.05) is 47.3 Å². The zero-order valence-corrected chi connectivity index (χ0v) is 62.7. The van der Waals surface area contributed by atoms with E-state index in [1.165, 1.54) is 347 Å². The quantitative estimate of drug-likeness (QED) is 0.0354. The molecule has 502 valence electrons. The molecular weight excluding hydrogens is 1240 g/mol. The van der Waals surface area contributed by atoms with E-state index in [0.717, 1.165) is 64.8 Å². The van der Waals surface area contributed by atoms with Crippen molar-refractivity contribution in [1.82, 2.24) is 17.5 Å². The molecule has 6 nitrogen and oxygen atoms in total. The highest BCUT2D eigenvalue weighted by Gasteiger charge is 2.45. The zero-order valence-electron chi connectivity index (χ0n) is 57.8. The first-order chi connectivity index (χ1) is 45.3. The number of thiophene rings is 4. The second kappa shape index (κ2) is 37.3. The smallest absolute Gasteiger partial charge is 0.140 e. The Kier molecular flexibility index (Phi) is 28.9. The molecule has 0 saturated heterocycles. The predicted molar refractivity (Wildman–Crippen MR) is 407 cm³/mol. The van der Waals surface area contributed by atoms with Gasteiger partial charge in [0.15, 0.2) is 0 Å². The van der Waals surface area contributed by atoms with Crippen LogP contribution in [0.3, 0.4) is 0 Å². The molecule has 2 aliphatic rings. The van der Waals surface area contributed by atoms with Crippen LogP contribution in [0.15, 0.2) is 48.5 Å². The molecule has 10 rings (SSSR count). The van der Waals surface area contributed by atoms with Gasteiger partial charge in [0.1, 0.15) is 44.8 Å². The minimum atomic E-state index is -0.411. The van der Waals surface area contributed by atoms with Gasteiger partial charge in [-0.25, -0.2) is 0 Å². The normalized spacial score (nSPS) is 13.8. The minimum absolute atomic E-state index is 0.334. The average Bonchev–Trinajstić information content (AvgIpc) is 1.56. The number of hydrogen-bond acceptors (Lipinski definition) is 12. The van der Waals surface area contributed by atoms with Gasteiger partial charge >= 0.3 is 0 Å². The van der Waals surface area contributed by atoms with Crippen LogP contribution in [0, 0.1) is 13.8 Å². The summed E-state index contributed by atoms with van der Waals surface area (Å²) in [5.74, 6) is 2.16. The first-order valence-electron chi connectivity index (χ1n) is 37.7. The number of hydrogen-bond donors (Lipinski definition) is 0. The Morgan fingerprint density at radius 3 is 0.957 bits per heavy atom. The van der Waals surface area contributed by atoms with Gasteiger partial charge in [-0.2, -0.15) is 17.5 Å². The molecular formula is C80H114N4O2S6. The fraction of sp³-hybridized carbons (Fsp3) is 0.650. The first-order valence-corrected chi connectivity index (χ1v) is 42.4. The minimum Gasteiger partial charge on any atom is -0.481 e. The molecule has 2 aliphatic heterocycles. The van der Waals surface area contributed by atoms with E-state index in [4.69, 9.17) is 27.0 Å². The molecule has 0 radical (unpaired) electrons. The molecule has 0 spiro atoms. The third-order valence-corrected chi connectivity index (χ3v) is 26.5. The Morgan fingerprint density at radius 1 is 0.304 bits per heavy atom. The Balaban J connectivity index is 0.961. The lowest BCUT2D eigenvalue weighted by Crippen LogP contribution is -2.35. The highest BCUT2D eigenvalue weighted by molar-refractivity contribution is 7.26. The largest absolute Gasteiger partial charge is 0.481 e. The van der Waals surface area contributed by atoms with Crippen molar-refractivity contribution in [1.29, 1.82) is 0 Å². The number of ether oxygens (including phenoxy) is 2. The van der Waals surface area contributed by atoms with E-state index in [1.54, 1.807) is 0 Å². The van der Waals surface area contributed by atoms with Crippen molar-refractivity contribution in [3.8, 4) is 62.3 Å². The van der Waals surface area contributed by atoms with E-state index in [0.29, 0.717) is 0 Å². The maximum Gasteiger partial charge on any atom is 0.140 e. The van der Waals surface area contributed by atoms with Gasteiger partial charge < -0.3 is 9.47 Å². The van der Waals surface area contributed by atoms with Gasteiger partial charge in [0.2, 0.25) is 0 Å². The van der Waals surface area contributed by atoms with E-state index >= 15 is 0 Å². The van der Waals surface area contributed by atoms with Crippen LogP contribution in [0.1, 0.15) is 332 Å². The third-order valence-electron chi connectivity index (χ3n) is 20.6. The number of aryl methyl sites for hydroxylation is 2. The molecule has 0 bridgehead atoms. The van der Waals surface area contributed by atoms with E-state index in [1.807, 2.05) is 45.3 Å². The third kappa shape index (κ3) is 18.6. The van der Waals surface area contributed by atoms with Crippen molar-refractivity contribution in [2.75, 3.05) is 0 Å².